The maximum absolute atomic E-state index is 12.5. The molecule has 1 aliphatic rings. The van der Waals surface area contributed by atoms with Crippen LogP contribution in [0.15, 0.2) is 40.3 Å². The van der Waals surface area contributed by atoms with Crippen LogP contribution in [0.5, 0.6) is 0 Å². The zero-order chi connectivity index (χ0) is 21.0. The first kappa shape index (κ1) is 20.3. The van der Waals surface area contributed by atoms with Crippen molar-refractivity contribution in [2.24, 2.45) is 5.92 Å². The van der Waals surface area contributed by atoms with Crippen molar-refractivity contribution in [3.8, 4) is 17.4 Å². The Balaban J connectivity index is 1.78. The standard InChI is InChI=1S/C22H23N3O4/c1-14-5-3-4-6-20(14)24-22(26)16(13-23)12-18-8-10-21(29-18)19-9-7-17(25(27)28)11-15(19)2/h7-12,14,20H,3-6H2,1-2H3,(H,24,26)/b16-12+/t14-,20-/m1/s1. The van der Waals surface area contributed by atoms with Gasteiger partial charge in [0.15, 0.2) is 0 Å². The molecule has 150 valence electrons. The number of hydrogen-bond donors (Lipinski definition) is 1. The van der Waals surface area contributed by atoms with Gasteiger partial charge in [0.2, 0.25) is 0 Å². The predicted octanol–water partition coefficient (Wildman–Crippen LogP) is 4.77. The number of nitro groups is 1. The lowest BCUT2D eigenvalue weighted by atomic mass is 9.86. The topological polar surface area (TPSA) is 109 Å². The summed E-state index contributed by atoms with van der Waals surface area (Å²) < 4.78 is 5.77. The van der Waals surface area contributed by atoms with Crippen LogP contribution < -0.4 is 5.32 Å². The third-order valence-corrected chi connectivity index (χ3v) is 5.39. The fraction of sp³-hybridized carbons (Fsp3) is 0.364. The second kappa shape index (κ2) is 8.74. The second-order valence-electron chi connectivity index (χ2n) is 7.47. The van der Waals surface area contributed by atoms with Crippen LogP contribution in [-0.4, -0.2) is 16.9 Å². The van der Waals surface area contributed by atoms with Crippen molar-refractivity contribution < 1.29 is 14.1 Å². The number of non-ortho nitro benzene ring substituents is 1. The van der Waals surface area contributed by atoms with E-state index in [4.69, 9.17) is 4.42 Å². The minimum Gasteiger partial charge on any atom is -0.457 e. The van der Waals surface area contributed by atoms with Gasteiger partial charge in [-0.05, 0) is 49.4 Å². The summed E-state index contributed by atoms with van der Waals surface area (Å²) in [4.78, 5) is 23.0. The SMILES string of the molecule is Cc1cc([N+](=O)[O-])ccc1-c1ccc(/C=C(\C#N)C(=O)N[C@@H]2CCCC[C@H]2C)o1. The van der Waals surface area contributed by atoms with Gasteiger partial charge >= 0.3 is 0 Å². The molecule has 7 nitrogen and oxygen atoms in total. The quantitative estimate of drug-likeness (QED) is 0.341. The van der Waals surface area contributed by atoms with Gasteiger partial charge in [0.05, 0.1) is 4.92 Å². The largest absolute Gasteiger partial charge is 0.457 e. The molecule has 2 atom stereocenters. The fourth-order valence-corrected chi connectivity index (χ4v) is 3.68. The van der Waals surface area contributed by atoms with Crippen LogP contribution in [0, 0.1) is 34.3 Å². The van der Waals surface area contributed by atoms with Crippen molar-refractivity contribution in [3.63, 3.8) is 0 Å². The Hall–Kier alpha value is -3.40. The number of amides is 1. The number of nitro benzene ring substituents is 1. The molecular formula is C22H23N3O4. The molecule has 29 heavy (non-hydrogen) atoms. The van der Waals surface area contributed by atoms with Crippen LogP contribution in [0.4, 0.5) is 5.69 Å². The van der Waals surface area contributed by atoms with E-state index in [-0.39, 0.29) is 17.3 Å². The summed E-state index contributed by atoms with van der Waals surface area (Å²) in [6.07, 6.45) is 5.68. The lowest BCUT2D eigenvalue weighted by molar-refractivity contribution is -0.384. The summed E-state index contributed by atoms with van der Waals surface area (Å²) in [6.45, 7) is 3.88. The molecule has 0 unspecified atom stereocenters. The van der Waals surface area contributed by atoms with Gasteiger partial charge in [0.25, 0.3) is 11.6 Å². The molecule has 1 heterocycles. The first-order valence-corrected chi connectivity index (χ1v) is 9.67. The average molecular weight is 393 g/mol. The number of aryl methyl sites for hydroxylation is 1. The van der Waals surface area contributed by atoms with Crippen LogP contribution >= 0.6 is 0 Å². The van der Waals surface area contributed by atoms with Gasteiger partial charge in [-0.25, -0.2) is 0 Å². The van der Waals surface area contributed by atoms with Crippen LogP contribution in [0.1, 0.15) is 43.9 Å². The number of benzene rings is 1. The number of nitriles is 1. The molecule has 1 aromatic heterocycles. The highest BCUT2D eigenvalue weighted by Crippen LogP contribution is 2.29. The molecule has 3 rings (SSSR count). The number of carbonyl (C=O) groups excluding carboxylic acids is 1. The Morgan fingerprint density at radius 1 is 1.31 bits per heavy atom. The van der Waals surface area contributed by atoms with E-state index in [1.807, 2.05) is 6.07 Å². The average Bonchev–Trinajstić information content (AvgIpc) is 3.16. The highest BCUT2D eigenvalue weighted by Gasteiger charge is 2.24. The molecule has 2 aromatic rings. The van der Waals surface area contributed by atoms with E-state index in [1.54, 1.807) is 25.1 Å². The van der Waals surface area contributed by atoms with E-state index in [0.29, 0.717) is 28.6 Å². The smallest absolute Gasteiger partial charge is 0.269 e. The number of furan rings is 1. The van der Waals surface area contributed by atoms with E-state index in [9.17, 15) is 20.2 Å². The van der Waals surface area contributed by atoms with Gasteiger partial charge in [-0.2, -0.15) is 5.26 Å². The van der Waals surface area contributed by atoms with Crippen LogP contribution in [0.25, 0.3) is 17.4 Å². The van der Waals surface area contributed by atoms with Crippen molar-refractivity contribution in [1.29, 1.82) is 5.26 Å². The van der Waals surface area contributed by atoms with Gasteiger partial charge in [-0.15, -0.1) is 0 Å². The maximum atomic E-state index is 12.5. The third-order valence-electron chi connectivity index (χ3n) is 5.39. The van der Waals surface area contributed by atoms with Crippen LogP contribution in [0.2, 0.25) is 0 Å². The van der Waals surface area contributed by atoms with E-state index < -0.39 is 10.8 Å². The number of nitrogens with one attached hydrogen (secondary N) is 1. The zero-order valence-electron chi connectivity index (χ0n) is 16.5. The summed E-state index contributed by atoms with van der Waals surface area (Å²) in [5, 5.41) is 23.3. The third kappa shape index (κ3) is 4.72. The van der Waals surface area contributed by atoms with Gasteiger partial charge in [-0.3, -0.25) is 14.9 Å². The molecule has 0 saturated heterocycles. The Kier molecular flexibility index (Phi) is 6.13. The molecule has 1 aliphatic carbocycles. The van der Waals surface area contributed by atoms with Crippen molar-refractivity contribution >= 4 is 17.7 Å². The molecular weight excluding hydrogens is 370 g/mol. The Morgan fingerprint density at radius 3 is 2.72 bits per heavy atom. The van der Waals surface area contributed by atoms with Gasteiger partial charge < -0.3 is 9.73 Å². The van der Waals surface area contributed by atoms with E-state index in [1.165, 1.54) is 24.6 Å². The van der Waals surface area contributed by atoms with E-state index in [2.05, 4.69) is 12.2 Å². The van der Waals surface area contributed by atoms with E-state index >= 15 is 0 Å². The highest BCUT2D eigenvalue weighted by molar-refractivity contribution is 6.01. The minimum absolute atomic E-state index is 0.0101. The summed E-state index contributed by atoms with van der Waals surface area (Å²) in [6, 6.07) is 9.95. The van der Waals surface area contributed by atoms with Gasteiger partial charge in [0.1, 0.15) is 23.2 Å². The monoisotopic (exact) mass is 393 g/mol. The Labute approximate surface area is 169 Å². The lowest BCUT2D eigenvalue weighted by Crippen LogP contribution is -2.41. The van der Waals surface area contributed by atoms with Crippen LogP contribution in [-0.2, 0) is 4.79 Å². The lowest BCUT2D eigenvalue weighted by Gasteiger charge is -2.29. The van der Waals surface area contributed by atoms with Crippen molar-refractivity contribution in [1.82, 2.24) is 5.32 Å². The summed E-state index contributed by atoms with van der Waals surface area (Å²) in [5.74, 6) is 0.895. The summed E-state index contributed by atoms with van der Waals surface area (Å²) in [7, 11) is 0. The molecule has 0 spiro atoms. The van der Waals surface area contributed by atoms with Crippen molar-refractivity contribution in [3.05, 3.63) is 57.3 Å². The summed E-state index contributed by atoms with van der Waals surface area (Å²) >= 11 is 0. The molecule has 0 bridgehead atoms. The number of carbonyl (C=O) groups is 1. The molecule has 1 fully saturated rings. The Bertz CT molecular complexity index is 1000. The first-order valence-electron chi connectivity index (χ1n) is 9.67. The predicted molar refractivity (Wildman–Crippen MR) is 109 cm³/mol. The molecule has 1 N–H and O–H groups in total. The second-order valence-corrected chi connectivity index (χ2v) is 7.47. The normalized spacial score (nSPS) is 19.4. The Morgan fingerprint density at radius 2 is 2.07 bits per heavy atom. The van der Waals surface area contributed by atoms with Crippen molar-refractivity contribution in [2.75, 3.05) is 0 Å². The number of rotatable bonds is 5. The van der Waals surface area contributed by atoms with Gasteiger partial charge in [0, 0.05) is 29.8 Å². The first-order chi connectivity index (χ1) is 13.9. The number of nitrogens with zero attached hydrogens (tertiary/aromatic N) is 2. The van der Waals surface area contributed by atoms with Crippen LogP contribution in [0.3, 0.4) is 0 Å². The molecule has 7 heteroatoms. The molecule has 0 aliphatic heterocycles. The molecule has 1 amide bonds. The van der Waals surface area contributed by atoms with E-state index in [0.717, 1.165) is 19.3 Å². The zero-order valence-corrected chi connectivity index (χ0v) is 16.5. The minimum atomic E-state index is -0.446. The molecule has 1 aromatic carbocycles. The van der Waals surface area contributed by atoms with Crippen molar-refractivity contribution in [2.45, 2.75) is 45.6 Å². The van der Waals surface area contributed by atoms with Gasteiger partial charge in [-0.1, -0.05) is 19.8 Å². The number of hydrogen-bond acceptors (Lipinski definition) is 5. The summed E-state index contributed by atoms with van der Waals surface area (Å²) in [5.41, 5.74) is 1.42. The molecule has 1 saturated carbocycles. The molecule has 0 radical (unpaired) electrons. The fourth-order valence-electron chi connectivity index (χ4n) is 3.68. The maximum Gasteiger partial charge on any atom is 0.269 e. The highest BCUT2D eigenvalue weighted by atomic mass is 16.6.